The second-order valence-corrected chi connectivity index (χ2v) is 4.38. The molecular formula is C13H16ClN3. The molecule has 0 aliphatic rings. The molecule has 2 N–H and O–H groups in total. The molecule has 17 heavy (non-hydrogen) atoms. The molecule has 4 heteroatoms. The Labute approximate surface area is 106 Å². The van der Waals surface area contributed by atoms with E-state index in [1.807, 2.05) is 29.1 Å². The van der Waals surface area contributed by atoms with Crippen molar-refractivity contribution in [2.45, 2.75) is 26.9 Å². The molecule has 0 aliphatic carbocycles. The lowest BCUT2D eigenvalue weighted by Gasteiger charge is -2.06. The predicted octanol–water partition coefficient (Wildman–Crippen LogP) is 2.99. The molecular weight excluding hydrogens is 234 g/mol. The number of nitrogens with zero attached hydrogens (tertiary/aromatic N) is 2. The van der Waals surface area contributed by atoms with Gasteiger partial charge in [0.1, 0.15) is 0 Å². The molecule has 0 unspecified atom stereocenters. The average molecular weight is 250 g/mol. The van der Waals surface area contributed by atoms with Gasteiger partial charge in [0, 0.05) is 29.4 Å². The molecule has 0 atom stereocenters. The lowest BCUT2D eigenvalue weighted by Crippen LogP contribution is -1.99. The SMILES string of the molecule is CCn1ncc(-c2ccc(CN)c(Cl)c2)c1C. The highest BCUT2D eigenvalue weighted by Gasteiger charge is 2.09. The van der Waals surface area contributed by atoms with Crippen LogP contribution in [0.1, 0.15) is 18.2 Å². The maximum Gasteiger partial charge on any atom is 0.0571 e. The molecule has 2 aromatic rings. The third-order valence-electron chi connectivity index (χ3n) is 2.99. The fourth-order valence-corrected chi connectivity index (χ4v) is 2.19. The number of benzene rings is 1. The summed E-state index contributed by atoms with van der Waals surface area (Å²) in [6.07, 6.45) is 1.88. The van der Waals surface area contributed by atoms with Gasteiger partial charge in [0.05, 0.1) is 6.20 Å². The summed E-state index contributed by atoms with van der Waals surface area (Å²) in [6, 6.07) is 5.96. The Morgan fingerprint density at radius 2 is 2.18 bits per heavy atom. The van der Waals surface area contributed by atoms with E-state index in [0.717, 1.165) is 28.9 Å². The number of hydrogen-bond donors (Lipinski definition) is 1. The highest BCUT2D eigenvalue weighted by atomic mass is 35.5. The molecule has 90 valence electrons. The van der Waals surface area contributed by atoms with Crippen LogP contribution in [0.25, 0.3) is 11.1 Å². The van der Waals surface area contributed by atoms with Gasteiger partial charge < -0.3 is 5.73 Å². The molecule has 0 saturated carbocycles. The second-order valence-electron chi connectivity index (χ2n) is 3.97. The highest BCUT2D eigenvalue weighted by molar-refractivity contribution is 6.31. The first-order valence-corrected chi connectivity index (χ1v) is 6.06. The largest absolute Gasteiger partial charge is 0.326 e. The van der Waals surface area contributed by atoms with E-state index in [1.54, 1.807) is 0 Å². The first kappa shape index (κ1) is 12.1. The van der Waals surface area contributed by atoms with Crippen molar-refractivity contribution in [3.05, 3.63) is 40.7 Å². The third kappa shape index (κ3) is 2.21. The van der Waals surface area contributed by atoms with Crippen LogP contribution in [0.15, 0.2) is 24.4 Å². The van der Waals surface area contributed by atoms with Crippen LogP contribution in [-0.2, 0) is 13.1 Å². The van der Waals surface area contributed by atoms with Crippen LogP contribution in [-0.4, -0.2) is 9.78 Å². The summed E-state index contributed by atoms with van der Waals surface area (Å²) in [5, 5.41) is 5.05. The van der Waals surface area contributed by atoms with Gasteiger partial charge in [-0.2, -0.15) is 5.10 Å². The molecule has 2 rings (SSSR count). The lowest BCUT2D eigenvalue weighted by molar-refractivity contribution is 0.640. The van der Waals surface area contributed by atoms with Crippen LogP contribution in [0, 0.1) is 6.92 Å². The molecule has 1 aromatic carbocycles. The summed E-state index contributed by atoms with van der Waals surface area (Å²) in [6.45, 7) is 5.48. The molecule has 0 bridgehead atoms. The number of halogens is 1. The van der Waals surface area contributed by atoms with E-state index in [0.29, 0.717) is 11.6 Å². The Morgan fingerprint density at radius 1 is 1.41 bits per heavy atom. The Balaban J connectivity index is 2.46. The van der Waals surface area contributed by atoms with Crippen molar-refractivity contribution in [1.29, 1.82) is 0 Å². The van der Waals surface area contributed by atoms with Crippen molar-refractivity contribution in [2.24, 2.45) is 5.73 Å². The topological polar surface area (TPSA) is 43.8 Å². The summed E-state index contributed by atoms with van der Waals surface area (Å²) >= 11 is 6.17. The maximum absolute atomic E-state index is 6.17. The molecule has 0 aliphatic heterocycles. The van der Waals surface area contributed by atoms with Crippen LogP contribution >= 0.6 is 11.6 Å². The van der Waals surface area contributed by atoms with Gasteiger partial charge in [-0.05, 0) is 31.0 Å². The van der Waals surface area contributed by atoms with E-state index in [-0.39, 0.29) is 0 Å². The Kier molecular flexibility index (Phi) is 3.50. The Morgan fingerprint density at radius 3 is 2.71 bits per heavy atom. The molecule has 0 radical (unpaired) electrons. The Hall–Kier alpha value is -1.32. The zero-order chi connectivity index (χ0) is 12.4. The zero-order valence-electron chi connectivity index (χ0n) is 10.1. The summed E-state index contributed by atoms with van der Waals surface area (Å²) in [5.41, 5.74) is 9.93. The normalized spacial score (nSPS) is 10.8. The zero-order valence-corrected chi connectivity index (χ0v) is 10.8. The number of hydrogen-bond acceptors (Lipinski definition) is 2. The first-order valence-electron chi connectivity index (χ1n) is 5.68. The van der Waals surface area contributed by atoms with Gasteiger partial charge in [-0.3, -0.25) is 4.68 Å². The van der Waals surface area contributed by atoms with E-state index in [1.165, 1.54) is 0 Å². The van der Waals surface area contributed by atoms with Crippen LogP contribution in [0.5, 0.6) is 0 Å². The van der Waals surface area contributed by atoms with Gasteiger partial charge in [0.25, 0.3) is 0 Å². The van der Waals surface area contributed by atoms with E-state index >= 15 is 0 Å². The van der Waals surface area contributed by atoms with Crippen molar-refractivity contribution >= 4 is 11.6 Å². The molecule has 0 fully saturated rings. The maximum atomic E-state index is 6.17. The van der Waals surface area contributed by atoms with Crippen molar-refractivity contribution in [1.82, 2.24) is 9.78 Å². The van der Waals surface area contributed by atoms with Crippen LogP contribution < -0.4 is 5.73 Å². The lowest BCUT2D eigenvalue weighted by atomic mass is 10.0. The monoisotopic (exact) mass is 249 g/mol. The molecule has 1 aromatic heterocycles. The quantitative estimate of drug-likeness (QED) is 0.909. The van der Waals surface area contributed by atoms with E-state index < -0.39 is 0 Å². The van der Waals surface area contributed by atoms with E-state index in [4.69, 9.17) is 17.3 Å². The van der Waals surface area contributed by atoms with Crippen molar-refractivity contribution in [3.63, 3.8) is 0 Å². The summed E-state index contributed by atoms with van der Waals surface area (Å²) < 4.78 is 1.97. The fourth-order valence-electron chi connectivity index (χ4n) is 1.93. The number of nitrogens with two attached hydrogens (primary N) is 1. The predicted molar refractivity (Wildman–Crippen MR) is 71.0 cm³/mol. The van der Waals surface area contributed by atoms with Gasteiger partial charge in [-0.1, -0.05) is 23.7 Å². The van der Waals surface area contributed by atoms with Crippen molar-refractivity contribution in [3.8, 4) is 11.1 Å². The van der Waals surface area contributed by atoms with Gasteiger partial charge in [-0.25, -0.2) is 0 Å². The van der Waals surface area contributed by atoms with Crippen molar-refractivity contribution in [2.75, 3.05) is 0 Å². The highest BCUT2D eigenvalue weighted by Crippen LogP contribution is 2.27. The minimum atomic E-state index is 0.465. The molecule has 3 nitrogen and oxygen atoms in total. The summed E-state index contributed by atoms with van der Waals surface area (Å²) in [4.78, 5) is 0. The fraction of sp³-hybridized carbons (Fsp3) is 0.308. The van der Waals surface area contributed by atoms with Gasteiger partial charge in [-0.15, -0.1) is 0 Å². The van der Waals surface area contributed by atoms with Gasteiger partial charge in [0.15, 0.2) is 0 Å². The number of aromatic nitrogens is 2. The number of rotatable bonds is 3. The summed E-state index contributed by atoms with van der Waals surface area (Å²) in [5.74, 6) is 0. The van der Waals surface area contributed by atoms with E-state index in [2.05, 4.69) is 18.9 Å². The minimum absolute atomic E-state index is 0.465. The smallest absolute Gasteiger partial charge is 0.0571 e. The van der Waals surface area contributed by atoms with Gasteiger partial charge in [0.2, 0.25) is 0 Å². The Bertz CT molecular complexity index is 531. The second kappa shape index (κ2) is 4.90. The van der Waals surface area contributed by atoms with Gasteiger partial charge >= 0.3 is 0 Å². The number of aryl methyl sites for hydroxylation is 1. The molecule has 0 saturated heterocycles. The molecule has 0 amide bonds. The summed E-state index contributed by atoms with van der Waals surface area (Å²) in [7, 11) is 0. The van der Waals surface area contributed by atoms with Crippen LogP contribution in [0.4, 0.5) is 0 Å². The standard InChI is InChI=1S/C13H16ClN3/c1-3-17-9(2)12(8-16-17)10-4-5-11(7-15)13(14)6-10/h4-6,8H,3,7,15H2,1-2H3. The molecule has 1 heterocycles. The first-order chi connectivity index (χ1) is 8.17. The molecule has 0 spiro atoms. The van der Waals surface area contributed by atoms with Crippen LogP contribution in [0.2, 0.25) is 5.02 Å². The van der Waals surface area contributed by atoms with Crippen molar-refractivity contribution < 1.29 is 0 Å². The average Bonchev–Trinajstić information content (AvgIpc) is 2.70. The minimum Gasteiger partial charge on any atom is -0.326 e. The van der Waals surface area contributed by atoms with Crippen LogP contribution in [0.3, 0.4) is 0 Å². The van der Waals surface area contributed by atoms with E-state index in [9.17, 15) is 0 Å². The third-order valence-corrected chi connectivity index (χ3v) is 3.34.